The van der Waals surface area contributed by atoms with E-state index in [-0.39, 0.29) is 12.1 Å². The summed E-state index contributed by atoms with van der Waals surface area (Å²) in [6, 6.07) is 13.6. The Kier molecular flexibility index (Phi) is 4.79. The third kappa shape index (κ3) is 3.20. The molecule has 0 unspecified atom stereocenters. The number of hydrogen-bond donors (Lipinski definition) is 0. The Morgan fingerprint density at radius 1 is 1.07 bits per heavy atom. The molecule has 0 spiro atoms. The predicted molar refractivity (Wildman–Crippen MR) is 118 cm³/mol. The van der Waals surface area contributed by atoms with Gasteiger partial charge in [-0.3, -0.25) is 9.98 Å². The van der Waals surface area contributed by atoms with Gasteiger partial charge in [0, 0.05) is 36.8 Å². The summed E-state index contributed by atoms with van der Waals surface area (Å²) in [6.45, 7) is 8.00. The van der Waals surface area contributed by atoms with E-state index < -0.39 is 0 Å². The zero-order valence-electron chi connectivity index (χ0n) is 16.7. The lowest BCUT2D eigenvalue weighted by molar-refractivity contribution is 0.320. The van der Waals surface area contributed by atoms with Crippen LogP contribution in [0.25, 0.3) is 0 Å². The van der Waals surface area contributed by atoms with Gasteiger partial charge in [0.2, 0.25) is 0 Å². The number of pyridine rings is 1. The average molecular weight is 393 g/mol. The van der Waals surface area contributed by atoms with Gasteiger partial charge >= 0.3 is 0 Å². The molecule has 3 aliphatic heterocycles. The van der Waals surface area contributed by atoms with Gasteiger partial charge < -0.3 is 9.80 Å². The number of rotatable bonds is 3. The van der Waals surface area contributed by atoms with Crippen molar-refractivity contribution in [3.05, 3.63) is 59.4 Å². The van der Waals surface area contributed by atoms with Crippen LogP contribution in [-0.4, -0.2) is 39.9 Å². The normalized spacial score (nSPS) is 27.1. The Morgan fingerprint density at radius 3 is 2.68 bits per heavy atom. The van der Waals surface area contributed by atoms with Crippen molar-refractivity contribution in [2.75, 3.05) is 24.5 Å². The van der Waals surface area contributed by atoms with Gasteiger partial charge in [0.05, 0.1) is 11.7 Å². The summed E-state index contributed by atoms with van der Waals surface area (Å²) in [4.78, 5) is 14.8. The minimum atomic E-state index is 0.0794. The zero-order valence-corrected chi connectivity index (χ0v) is 17.5. The predicted octanol–water partition coefficient (Wildman–Crippen LogP) is 4.97. The second-order valence-electron chi connectivity index (χ2n) is 8.23. The molecule has 146 valence electrons. The third-order valence-corrected chi connectivity index (χ3v) is 7.28. The summed E-state index contributed by atoms with van der Waals surface area (Å²) < 4.78 is 0. The van der Waals surface area contributed by atoms with Gasteiger partial charge in [-0.25, -0.2) is 0 Å². The molecule has 1 aromatic carbocycles. The van der Waals surface area contributed by atoms with E-state index in [2.05, 4.69) is 59.0 Å². The first kappa shape index (κ1) is 18.0. The second-order valence-corrected chi connectivity index (χ2v) is 9.63. The number of piperidine rings is 1. The maximum Gasteiger partial charge on any atom is 0.160 e. The molecule has 0 radical (unpaired) electrons. The molecule has 1 aromatic heterocycles. The lowest BCUT2D eigenvalue weighted by Gasteiger charge is -2.31. The fraction of sp³-hybridized carbons (Fsp3) is 0.478. The molecule has 4 heterocycles. The Labute approximate surface area is 172 Å². The molecule has 0 saturated carbocycles. The van der Waals surface area contributed by atoms with Crippen molar-refractivity contribution >= 4 is 22.6 Å². The summed E-state index contributed by atoms with van der Waals surface area (Å²) in [5.74, 6) is 0. The minimum absolute atomic E-state index is 0.0794. The molecule has 0 amide bonds. The second kappa shape index (κ2) is 7.43. The van der Waals surface area contributed by atoms with Crippen molar-refractivity contribution < 1.29 is 0 Å². The van der Waals surface area contributed by atoms with Crippen LogP contribution < -0.4 is 4.90 Å². The number of amidine groups is 1. The fourth-order valence-corrected chi connectivity index (χ4v) is 5.89. The van der Waals surface area contributed by atoms with Crippen molar-refractivity contribution in [2.24, 2.45) is 4.99 Å². The van der Waals surface area contributed by atoms with Crippen LogP contribution in [0.2, 0.25) is 0 Å². The molecule has 5 heteroatoms. The Hall–Kier alpha value is -2.01. The van der Waals surface area contributed by atoms with Crippen molar-refractivity contribution in [2.45, 2.75) is 50.4 Å². The van der Waals surface area contributed by atoms with Crippen molar-refractivity contribution in [1.29, 1.82) is 0 Å². The van der Waals surface area contributed by atoms with E-state index in [1.807, 2.05) is 24.0 Å². The Balaban J connectivity index is 1.50. The molecule has 0 bridgehead atoms. The number of thioether (sulfide) groups is 1. The van der Waals surface area contributed by atoms with Crippen LogP contribution in [0, 0.1) is 6.92 Å². The highest BCUT2D eigenvalue weighted by Crippen LogP contribution is 2.48. The highest BCUT2D eigenvalue weighted by molar-refractivity contribution is 8.14. The van der Waals surface area contributed by atoms with Crippen LogP contribution in [0.1, 0.15) is 55.1 Å². The molecule has 3 atom stereocenters. The number of aliphatic imine (C=N–C) groups is 1. The molecule has 3 aliphatic rings. The first-order valence-corrected chi connectivity index (χ1v) is 11.4. The monoisotopic (exact) mass is 392 g/mol. The van der Waals surface area contributed by atoms with E-state index in [1.165, 1.54) is 54.3 Å². The molecule has 28 heavy (non-hydrogen) atoms. The van der Waals surface area contributed by atoms with Gasteiger partial charge in [-0.2, -0.15) is 0 Å². The third-order valence-electron chi connectivity index (χ3n) is 6.17. The van der Waals surface area contributed by atoms with Gasteiger partial charge in [0.15, 0.2) is 5.17 Å². The Bertz CT molecular complexity index is 875. The molecular weight excluding hydrogens is 364 g/mol. The van der Waals surface area contributed by atoms with Crippen LogP contribution in [0.3, 0.4) is 0 Å². The number of aromatic nitrogens is 1. The quantitative estimate of drug-likeness (QED) is 0.738. The fourth-order valence-electron chi connectivity index (χ4n) is 4.79. The van der Waals surface area contributed by atoms with Crippen LogP contribution in [0.4, 0.5) is 5.69 Å². The van der Waals surface area contributed by atoms with Crippen molar-refractivity contribution in [3.8, 4) is 0 Å². The van der Waals surface area contributed by atoms with E-state index in [1.54, 1.807) is 0 Å². The van der Waals surface area contributed by atoms with Crippen molar-refractivity contribution in [3.63, 3.8) is 0 Å². The number of anilines is 1. The standard InChI is InChI=1S/C23H28N4S/c1-16-14-18(26-12-6-3-7-13-26)9-10-19(16)22-21(20-8-4-5-11-24-20)25-23-27(22)15-17(2)28-23/h4-5,8-11,14,17,21-22H,3,6-7,12-13,15H2,1-2H3/t17-,21+,22+/m0/s1. The highest BCUT2D eigenvalue weighted by Gasteiger charge is 2.43. The maximum atomic E-state index is 5.11. The first-order chi connectivity index (χ1) is 13.7. The van der Waals surface area contributed by atoms with E-state index in [4.69, 9.17) is 4.99 Å². The topological polar surface area (TPSA) is 31.7 Å². The Morgan fingerprint density at radius 2 is 1.93 bits per heavy atom. The molecule has 2 fully saturated rings. The van der Waals surface area contributed by atoms with Crippen LogP contribution >= 0.6 is 11.8 Å². The van der Waals surface area contributed by atoms with Crippen LogP contribution in [0.5, 0.6) is 0 Å². The summed E-state index contributed by atoms with van der Waals surface area (Å²) in [5.41, 5.74) is 5.21. The summed E-state index contributed by atoms with van der Waals surface area (Å²) in [7, 11) is 0. The largest absolute Gasteiger partial charge is 0.372 e. The molecule has 0 aliphatic carbocycles. The van der Waals surface area contributed by atoms with Crippen LogP contribution in [0.15, 0.2) is 47.6 Å². The van der Waals surface area contributed by atoms with Gasteiger partial charge in [0.25, 0.3) is 0 Å². The first-order valence-electron chi connectivity index (χ1n) is 10.5. The molecule has 4 nitrogen and oxygen atoms in total. The van der Waals surface area contributed by atoms with Gasteiger partial charge in [0.1, 0.15) is 6.04 Å². The van der Waals surface area contributed by atoms with E-state index in [9.17, 15) is 0 Å². The van der Waals surface area contributed by atoms with Gasteiger partial charge in [-0.05, 0) is 61.6 Å². The van der Waals surface area contributed by atoms with Crippen molar-refractivity contribution in [1.82, 2.24) is 9.88 Å². The maximum absolute atomic E-state index is 5.11. The van der Waals surface area contributed by atoms with E-state index in [0.29, 0.717) is 5.25 Å². The van der Waals surface area contributed by atoms with E-state index in [0.717, 1.165) is 12.2 Å². The molecule has 2 aromatic rings. The highest BCUT2D eigenvalue weighted by atomic mass is 32.2. The average Bonchev–Trinajstić information content (AvgIpc) is 3.25. The van der Waals surface area contributed by atoms with Gasteiger partial charge in [-0.15, -0.1) is 0 Å². The summed E-state index contributed by atoms with van der Waals surface area (Å²) in [6.07, 6.45) is 5.88. The lowest BCUT2D eigenvalue weighted by atomic mass is 9.92. The van der Waals surface area contributed by atoms with E-state index >= 15 is 0 Å². The van der Waals surface area contributed by atoms with Gasteiger partial charge in [-0.1, -0.05) is 30.8 Å². The van der Waals surface area contributed by atoms with Crippen LogP contribution in [-0.2, 0) is 0 Å². The minimum Gasteiger partial charge on any atom is -0.372 e. The summed E-state index contributed by atoms with van der Waals surface area (Å²) in [5, 5.41) is 1.78. The summed E-state index contributed by atoms with van der Waals surface area (Å²) >= 11 is 1.90. The molecule has 2 saturated heterocycles. The molecule has 5 rings (SSSR count). The smallest absolute Gasteiger partial charge is 0.160 e. The number of aryl methyl sites for hydroxylation is 1. The SMILES string of the molecule is Cc1cc(N2CCCCC2)ccc1[C@@H]1[C@@H](c2ccccn2)N=C2S[C@@H](C)CN21. The number of hydrogen-bond acceptors (Lipinski definition) is 5. The molecular formula is C23H28N4S. The number of nitrogens with zero attached hydrogens (tertiary/aromatic N) is 4. The zero-order chi connectivity index (χ0) is 19.1. The molecule has 0 N–H and O–H groups in total. The lowest BCUT2D eigenvalue weighted by Crippen LogP contribution is -2.30. The number of benzene rings is 1. The number of fused-ring (bicyclic) bond motifs is 1.